The van der Waals surface area contributed by atoms with Crippen molar-refractivity contribution in [3.63, 3.8) is 0 Å². The molecule has 1 aromatic heterocycles. The molecule has 29 heavy (non-hydrogen) atoms. The van der Waals surface area contributed by atoms with Crippen molar-refractivity contribution in [2.45, 2.75) is 33.7 Å². The van der Waals surface area contributed by atoms with Crippen LogP contribution in [0, 0.1) is 5.41 Å². The molecule has 0 fully saturated rings. The van der Waals surface area contributed by atoms with Crippen molar-refractivity contribution in [1.82, 2.24) is 9.88 Å². The minimum atomic E-state index is -0.531. The van der Waals surface area contributed by atoms with Gasteiger partial charge in [-0.1, -0.05) is 20.8 Å². The van der Waals surface area contributed by atoms with Gasteiger partial charge in [0.1, 0.15) is 5.75 Å². The number of rotatable bonds is 4. The summed E-state index contributed by atoms with van der Waals surface area (Å²) in [6.45, 7) is 7.36. The van der Waals surface area contributed by atoms with Crippen LogP contribution in [-0.2, 0) is 13.0 Å². The Morgan fingerprint density at radius 2 is 1.93 bits per heavy atom. The predicted octanol–water partition coefficient (Wildman–Crippen LogP) is 3.98. The number of carbonyl (C=O) groups excluding carboxylic acids is 2. The third-order valence-electron chi connectivity index (χ3n) is 4.88. The highest BCUT2D eigenvalue weighted by Crippen LogP contribution is 2.27. The van der Waals surface area contributed by atoms with Crippen LogP contribution in [0.15, 0.2) is 30.5 Å². The zero-order valence-corrected chi connectivity index (χ0v) is 18.4. The van der Waals surface area contributed by atoms with Crippen LogP contribution in [0.25, 0.3) is 0 Å². The lowest BCUT2D eigenvalue weighted by Gasteiger charge is -2.24. The normalized spacial score (nSPS) is 13.8. The lowest BCUT2D eigenvalue weighted by molar-refractivity contribution is 0.0858. The molecule has 3 rings (SSSR count). The van der Waals surface area contributed by atoms with Crippen LogP contribution in [-0.4, -0.2) is 42.3 Å². The number of methoxy groups -OCH3 is 1. The van der Waals surface area contributed by atoms with Crippen molar-refractivity contribution in [1.29, 1.82) is 0 Å². The summed E-state index contributed by atoms with van der Waals surface area (Å²) in [5.74, 6) is 0.0719. The van der Waals surface area contributed by atoms with Gasteiger partial charge >= 0.3 is 0 Å². The molecular weight excluding hydrogens is 390 g/mol. The number of Topliss-reactive ketones (excluding diaryl/α,β-unsaturated/α-hetero) is 1. The number of nitrogens with one attached hydrogen (secondary N) is 1. The van der Waals surface area contributed by atoms with Gasteiger partial charge in [-0.2, -0.15) is 0 Å². The van der Waals surface area contributed by atoms with E-state index in [0.717, 1.165) is 30.8 Å². The maximum Gasteiger partial charge on any atom is 0.259 e. The van der Waals surface area contributed by atoms with E-state index in [-0.39, 0.29) is 24.1 Å². The largest absolute Gasteiger partial charge is 0.496 e. The monoisotopic (exact) mass is 417 g/mol. The summed E-state index contributed by atoms with van der Waals surface area (Å²) < 4.78 is 5.33. The summed E-state index contributed by atoms with van der Waals surface area (Å²) in [4.78, 5) is 32.2. The van der Waals surface area contributed by atoms with E-state index in [4.69, 9.17) is 4.74 Å². The Kier molecular flexibility index (Phi) is 7.03. The van der Waals surface area contributed by atoms with Gasteiger partial charge in [-0.15, -0.1) is 12.4 Å². The highest BCUT2D eigenvalue weighted by molar-refractivity contribution is 6.08. The van der Waals surface area contributed by atoms with Crippen LogP contribution in [0.4, 0.5) is 5.69 Å². The van der Waals surface area contributed by atoms with Gasteiger partial charge < -0.3 is 15.0 Å². The third-order valence-corrected chi connectivity index (χ3v) is 4.88. The van der Waals surface area contributed by atoms with Crippen LogP contribution < -0.4 is 10.1 Å². The fourth-order valence-electron chi connectivity index (χ4n) is 3.29. The smallest absolute Gasteiger partial charge is 0.259 e. The number of fused-ring (bicyclic) bond motifs is 1. The predicted molar refractivity (Wildman–Crippen MR) is 116 cm³/mol. The molecule has 7 heteroatoms. The number of anilines is 1. The molecule has 0 saturated carbocycles. The SMILES string of the molecule is COc1ccc(C(=O)C(C)(C)C)cc1C(=O)Nc1cnc2c(c1)CN(C)CC2.Cl. The molecular formula is C22H28ClN3O3. The Hall–Kier alpha value is -2.44. The zero-order chi connectivity index (χ0) is 20.5. The van der Waals surface area contributed by atoms with Gasteiger partial charge in [-0.25, -0.2) is 0 Å². The Morgan fingerprint density at radius 1 is 1.21 bits per heavy atom. The van der Waals surface area contributed by atoms with Gasteiger partial charge in [-0.05, 0) is 36.9 Å². The Morgan fingerprint density at radius 3 is 2.59 bits per heavy atom. The number of carbonyl (C=O) groups is 2. The molecule has 0 bridgehead atoms. The number of ketones is 1. The molecule has 1 N–H and O–H groups in total. The van der Waals surface area contributed by atoms with Crippen LogP contribution in [0.2, 0.25) is 0 Å². The molecule has 0 aliphatic carbocycles. The number of amides is 1. The van der Waals surface area contributed by atoms with Crippen molar-refractivity contribution in [3.05, 3.63) is 52.8 Å². The van der Waals surface area contributed by atoms with Crippen LogP contribution in [0.1, 0.15) is 52.7 Å². The second-order valence-electron chi connectivity index (χ2n) is 8.27. The molecule has 0 atom stereocenters. The van der Waals surface area contributed by atoms with Crippen molar-refractivity contribution in [2.75, 3.05) is 26.0 Å². The van der Waals surface area contributed by atoms with E-state index in [1.807, 2.05) is 26.8 Å². The van der Waals surface area contributed by atoms with Gasteiger partial charge in [0.05, 0.1) is 24.6 Å². The summed E-state index contributed by atoms with van der Waals surface area (Å²) in [5.41, 5.74) is 3.11. The summed E-state index contributed by atoms with van der Waals surface area (Å²) in [6.07, 6.45) is 2.59. The second kappa shape index (κ2) is 8.93. The molecule has 2 aromatic rings. The Bertz CT molecular complexity index is 922. The molecule has 156 valence electrons. The van der Waals surface area contributed by atoms with Crippen molar-refractivity contribution >= 4 is 29.8 Å². The van der Waals surface area contributed by atoms with Gasteiger partial charge in [0, 0.05) is 36.2 Å². The fourth-order valence-corrected chi connectivity index (χ4v) is 3.29. The third kappa shape index (κ3) is 5.14. The first-order chi connectivity index (χ1) is 13.2. The minimum Gasteiger partial charge on any atom is -0.496 e. The number of aromatic nitrogens is 1. The maximum atomic E-state index is 12.9. The van der Waals surface area contributed by atoms with Gasteiger partial charge in [0.2, 0.25) is 0 Å². The quantitative estimate of drug-likeness (QED) is 0.762. The first-order valence-corrected chi connectivity index (χ1v) is 9.39. The molecule has 2 heterocycles. The lowest BCUT2D eigenvalue weighted by Crippen LogP contribution is -2.27. The van der Waals surface area contributed by atoms with Crippen molar-refractivity contribution < 1.29 is 14.3 Å². The first-order valence-electron chi connectivity index (χ1n) is 9.39. The average molecular weight is 418 g/mol. The highest BCUT2D eigenvalue weighted by atomic mass is 35.5. The summed E-state index contributed by atoms with van der Waals surface area (Å²) >= 11 is 0. The number of benzene rings is 1. The van der Waals surface area contributed by atoms with E-state index in [0.29, 0.717) is 22.6 Å². The van der Waals surface area contributed by atoms with Gasteiger partial charge in [0.15, 0.2) is 5.78 Å². The maximum absolute atomic E-state index is 12.9. The van der Waals surface area contributed by atoms with Gasteiger partial charge in [0.25, 0.3) is 5.91 Å². The number of hydrogen-bond donors (Lipinski definition) is 1. The number of likely N-dealkylation sites (N-methyl/N-ethyl adjacent to an activating group) is 1. The number of hydrogen-bond acceptors (Lipinski definition) is 5. The summed E-state index contributed by atoms with van der Waals surface area (Å²) in [6, 6.07) is 6.92. The van der Waals surface area contributed by atoms with Crippen LogP contribution >= 0.6 is 12.4 Å². The van der Waals surface area contributed by atoms with Crippen molar-refractivity contribution in [3.8, 4) is 5.75 Å². The minimum absolute atomic E-state index is 0. The van der Waals surface area contributed by atoms with Gasteiger partial charge in [-0.3, -0.25) is 14.6 Å². The topological polar surface area (TPSA) is 71.5 Å². The number of ether oxygens (including phenoxy) is 1. The molecule has 1 aliphatic heterocycles. The Labute approximate surface area is 178 Å². The van der Waals surface area contributed by atoms with Crippen LogP contribution in [0.3, 0.4) is 0 Å². The van der Waals surface area contributed by atoms with Crippen LogP contribution in [0.5, 0.6) is 5.75 Å². The first kappa shape index (κ1) is 22.8. The average Bonchev–Trinajstić information content (AvgIpc) is 2.65. The molecule has 0 radical (unpaired) electrons. The second-order valence-corrected chi connectivity index (χ2v) is 8.27. The zero-order valence-electron chi connectivity index (χ0n) is 17.5. The van der Waals surface area contributed by atoms with E-state index in [1.165, 1.54) is 7.11 Å². The van der Waals surface area contributed by atoms with E-state index >= 15 is 0 Å². The number of pyridine rings is 1. The lowest BCUT2D eigenvalue weighted by atomic mass is 9.86. The van der Waals surface area contributed by atoms with E-state index in [2.05, 4.69) is 22.2 Å². The standard InChI is InChI=1S/C22H27N3O3.ClH/c1-22(2,3)20(26)14-6-7-19(28-5)17(11-14)21(27)24-16-10-15-13-25(4)9-8-18(15)23-12-16;/h6-7,10-12H,8-9,13H2,1-5H3,(H,24,27);1H. The summed E-state index contributed by atoms with van der Waals surface area (Å²) in [7, 11) is 3.57. The molecule has 6 nitrogen and oxygen atoms in total. The van der Waals surface area contributed by atoms with E-state index in [1.54, 1.807) is 24.4 Å². The Balaban J connectivity index is 0.00000300. The molecule has 0 unspecified atom stereocenters. The molecule has 0 saturated heterocycles. The molecule has 1 aliphatic rings. The number of halogens is 1. The molecule has 1 aromatic carbocycles. The molecule has 0 spiro atoms. The fraction of sp³-hybridized carbons (Fsp3) is 0.409. The van der Waals surface area contributed by atoms with Crippen molar-refractivity contribution in [2.24, 2.45) is 5.41 Å². The highest BCUT2D eigenvalue weighted by Gasteiger charge is 2.25. The van der Waals surface area contributed by atoms with E-state index in [9.17, 15) is 9.59 Å². The molecule has 1 amide bonds. The number of nitrogens with zero attached hydrogens (tertiary/aromatic N) is 2. The van der Waals surface area contributed by atoms with E-state index < -0.39 is 5.41 Å². The summed E-state index contributed by atoms with van der Waals surface area (Å²) in [5, 5.41) is 2.89.